The average molecular weight is 335 g/mol. The Kier molecular flexibility index (Phi) is 3.35. The van der Waals surface area contributed by atoms with E-state index in [4.69, 9.17) is 9.47 Å². The van der Waals surface area contributed by atoms with Gasteiger partial charge in [0.25, 0.3) is 0 Å². The maximum atomic E-state index is 13.0. The number of likely N-dealkylation sites (tertiary alicyclic amines) is 1. The van der Waals surface area contributed by atoms with Gasteiger partial charge >= 0.3 is 5.97 Å². The first kappa shape index (κ1) is 15.0. The summed E-state index contributed by atoms with van der Waals surface area (Å²) in [5.74, 6) is 2.90. The molecule has 1 unspecified atom stereocenters. The van der Waals surface area contributed by atoms with E-state index < -0.39 is 5.92 Å². The van der Waals surface area contributed by atoms with Crippen LogP contribution in [0.1, 0.15) is 17.0 Å². The number of rotatable bonds is 3. The van der Waals surface area contributed by atoms with E-state index >= 15 is 0 Å². The van der Waals surface area contributed by atoms with Crippen molar-refractivity contribution in [2.75, 3.05) is 26.7 Å². The zero-order valence-electron chi connectivity index (χ0n) is 14.2. The van der Waals surface area contributed by atoms with E-state index in [2.05, 4.69) is 11.9 Å². The lowest BCUT2D eigenvalue weighted by Crippen LogP contribution is -2.24. The Hall–Kier alpha value is -2.33. The van der Waals surface area contributed by atoms with E-state index in [1.54, 1.807) is 0 Å². The number of fused-ring (bicyclic) bond motifs is 3. The molecular formula is C21H21NO3. The second-order valence-corrected chi connectivity index (χ2v) is 7.45. The third-order valence-electron chi connectivity index (χ3n) is 5.89. The van der Waals surface area contributed by atoms with E-state index in [1.807, 2.05) is 48.5 Å². The van der Waals surface area contributed by atoms with Gasteiger partial charge in [-0.15, -0.1) is 0 Å². The molecule has 2 aromatic carbocycles. The normalized spacial score (nSPS) is 27.0. The number of carbonyl (C=O) groups is 1. The van der Waals surface area contributed by atoms with Gasteiger partial charge in [0.1, 0.15) is 17.4 Å². The predicted molar refractivity (Wildman–Crippen MR) is 93.7 cm³/mol. The Morgan fingerprint density at radius 2 is 1.60 bits per heavy atom. The van der Waals surface area contributed by atoms with Crippen molar-refractivity contribution in [1.82, 2.24) is 4.90 Å². The molecule has 5 rings (SSSR count). The Bertz CT molecular complexity index is 776. The summed E-state index contributed by atoms with van der Waals surface area (Å²) in [6.45, 7) is 2.81. The number of esters is 1. The summed E-state index contributed by atoms with van der Waals surface area (Å²) in [7, 11) is 2.16. The minimum Gasteiger partial charge on any atom is -0.465 e. The average Bonchev–Trinajstić information content (AvgIpc) is 3.10. The van der Waals surface area contributed by atoms with Crippen molar-refractivity contribution in [1.29, 1.82) is 0 Å². The summed E-state index contributed by atoms with van der Waals surface area (Å²) < 4.78 is 11.7. The summed E-state index contributed by atoms with van der Waals surface area (Å²) in [5, 5.41) is 0. The first-order valence-corrected chi connectivity index (χ1v) is 8.93. The Balaban J connectivity index is 1.37. The largest absolute Gasteiger partial charge is 0.465 e. The molecule has 4 heteroatoms. The molecule has 2 fully saturated rings. The molecule has 2 heterocycles. The van der Waals surface area contributed by atoms with E-state index in [0.717, 1.165) is 35.7 Å². The molecule has 0 amide bonds. The minimum absolute atomic E-state index is 0.165. The van der Waals surface area contributed by atoms with Gasteiger partial charge in [-0.05, 0) is 31.0 Å². The Labute approximate surface area is 147 Å². The van der Waals surface area contributed by atoms with E-state index in [0.29, 0.717) is 24.4 Å². The van der Waals surface area contributed by atoms with E-state index in [9.17, 15) is 4.79 Å². The molecule has 0 N–H and O–H groups in total. The van der Waals surface area contributed by atoms with Gasteiger partial charge in [0, 0.05) is 30.1 Å². The predicted octanol–water partition coefficient (Wildman–Crippen LogP) is 3.28. The van der Waals surface area contributed by atoms with Gasteiger partial charge in [-0.2, -0.15) is 0 Å². The Morgan fingerprint density at radius 3 is 2.20 bits per heavy atom. The molecule has 3 atom stereocenters. The van der Waals surface area contributed by atoms with Crippen LogP contribution in [0.3, 0.4) is 0 Å². The molecule has 0 spiro atoms. The van der Waals surface area contributed by atoms with Gasteiger partial charge < -0.3 is 14.4 Å². The van der Waals surface area contributed by atoms with Crippen LogP contribution in [-0.2, 0) is 9.53 Å². The number of piperidine rings is 1. The number of benzene rings is 2. The molecule has 2 aliphatic heterocycles. The molecule has 0 bridgehead atoms. The zero-order valence-corrected chi connectivity index (χ0v) is 14.2. The molecule has 25 heavy (non-hydrogen) atoms. The van der Waals surface area contributed by atoms with Crippen LogP contribution in [0.4, 0.5) is 0 Å². The van der Waals surface area contributed by atoms with Crippen molar-refractivity contribution in [2.24, 2.45) is 17.8 Å². The number of ether oxygens (including phenoxy) is 2. The number of hydrogen-bond acceptors (Lipinski definition) is 4. The third-order valence-corrected chi connectivity index (χ3v) is 5.89. The second-order valence-electron chi connectivity index (χ2n) is 7.45. The first-order valence-electron chi connectivity index (χ1n) is 8.93. The quantitative estimate of drug-likeness (QED) is 0.807. The summed E-state index contributed by atoms with van der Waals surface area (Å²) in [6.07, 6.45) is 0. The highest BCUT2D eigenvalue weighted by molar-refractivity contribution is 5.85. The fourth-order valence-electron chi connectivity index (χ4n) is 4.53. The van der Waals surface area contributed by atoms with Crippen LogP contribution in [0.15, 0.2) is 48.5 Å². The van der Waals surface area contributed by atoms with Gasteiger partial charge in [-0.25, -0.2) is 0 Å². The monoisotopic (exact) mass is 335 g/mol. The highest BCUT2D eigenvalue weighted by atomic mass is 16.5. The van der Waals surface area contributed by atoms with Crippen LogP contribution in [0.5, 0.6) is 11.5 Å². The molecule has 1 saturated carbocycles. The number of carbonyl (C=O) groups excluding carboxylic acids is 1. The summed E-state index contributed by atoms with van der Waals surface area (Å²) in [6, 6.07) is 15.5. The van der Waals surface area contributed by atoms with Crippen molar-refractivity contribution < 1.29 is 14.3 Å². The fourth-order valence-corrected chi connectivity index (χ4v) is 4.53. The first-order chi connectivity index (χ1) is 12.2. The number of para-hydroxylation sites is 2. The highest BCUT2D eigenvalue weighted by Gasteiger charge is 2.55. The molecule has 1 aliphatic carbocycles. The molecule has 4 nitrogen and oxygen atoms in total. The molecule has 2 aromatic rings. The van der Waals surface area contributed by atoms with Gasteiger partial charge in [0.05, 0.1) is 6.61 Å². The highest BCUT2D eigenvalue weighted by Crippen LogP contribution is 2.51. The van der Waals surface area contributed by atoms with Crippen LogP contribution >= 0.6 is 0 Å². The lowest BCUT2D eigenvalue weighted by molar-refractivity contribution is -0.145. The summed E-state index contributed by atoms with van der Waals surface area (Å²) in [4.78, 5) is 15.3. The van der Waals surface area contributed by atoms with Crippen LogP contribution in [-0.4, -0.2) is 37.6 Å². The number of hydrogen-bond donors (Lipinski definition) is 0. The van der Waals surface area contributed by atoms with Crippen LogP contribution < -0.4 is 4.74 Å². The van der Waals surface area contributed by atoms with Gasteiger partial charge in [-0.1, -0.05) is 36.4 Å². The van der Waals surface area contributed by atoms with Gasteiger partial charge in [0.15, 0.2) is 0 Å². The number of nitrogens with zero attached hydrogens (tertiary/aromatic N) is 1. The minimum atomic E-state index is -0.401. The van der Waals surface area contributed by atoms with Gasteiger partial charge in [-0.3, -0.25) is 4.79 Å². The molecule has 0 radical (unpaired) electrons. The lowest BCUT2D eigenvalue weighted by atomic mass is 9.88. The van der Waals surface area contributed by atoms with Crippen LogP contribution in [0.25, 0.3) is 0 Å². The SMILES string of the molecule is CN1C[C@@H]2C(COC(=O)C3c4ccccc4Oc4ccccc43)[C@@H]2C1. The van der Waals surface area contributed by atoms with Crippen LogP contribution in [0, 0.1) is 17.8 Å². The smallest absolute Gasteiger partial charge is 0.318 e. The molecule has 0 aromatic heterocycles. The zero-order chi connectivity index (χ0) is 17.0. The maximum absolute atomic E-state index is 13.0. The Morgan fingerprint density at radius 1 is 1.04 bits per heavy atom. The molecular weight excluding hydrogens is 314 g/mol. The standard InChI is InChI=1S/C21H21NO3/c1-22-10-15-16(11-22)17(15)12-24-21(23)20-13-6-2-4-8-18(13)25-19-9-5-3-7-14(19)20/h2-9,15-17,20H,10-12H2,1H3/t15-,16+,17?. The van der Waals surface area contributed by atoms with Gasteiger partial charge in [0.2, 0.25) is 0 Å². The molecule has 128 valence electrons. The van der Waals surface area contributed by atoms with E-state index in [-0.39, 0.29) is 5.97 Å². The van der Waals surface area contributed by atoms with E-state index in [1.165, 1.54) is 0 Å². The van der Waals surface area contributed by atoms with Crippen LogP contribution in [0.2, 0.25) is 0 Å². The molecule has 1 saturated heterocycles. The van der Waals surface area contributed by atoms with Crippen molar-refractivity contribution in [2.45, 2.75) is 5.92 Å². The van der Waals surface area contributed by atoms with Crippen molar-refractivity contribution >= 4 is 5.97 Å². The molecule has 3 aliphatic rings. The third kappa shape index (κ3) is 2.44. The van der Waals surface area contributed by atoms with Crippen molar-refractivity contribution in [3.8, 4) is 11.5 Å². The fraction of sp³-hybridized carbons (Fsp3) is 0.381. The topological polar surface area (TPSA) is 38.8 Å². The summed E-state index contributed by atoms with van der Waals surface area (Å²) in [5.41, 5.74) is 1.78. The van der Waals surface area contributed by atoms with Crippen molar-refractivity contribution in [3.63, 3.8) is 0 Å². The summed E-state index contributed by atoms with van der Waals surface area (Å²) >= 11 is 0. The lowest BCUT2D eigenvalue weighted by Gasteiger charge is -2.27. The van der Waals surface area contributed by atoms with Crippen molar-refractivity contribution in [3.05, 3.63) is 59.7 Å². The maximum Gasteiger partial charge on any atom is 0.318 e. The second kappa shape index (κ2) is 5.60.